The third-order valence-corrected chi connectivity index (χ3v) is 7.42. The molecule has 12 heteroatoms. The van der Waals surface area contributed by atoms with Gasteiger partial charge in [0.1, 0.15) is 16.5 Å². The molecule has 0 radical (unpaired) electrons. The summed E-state index contributed by atoms with van der Waals surface area (Å²) < 4.78 is 43.1. The van der Waals surface area contributed by atoms with Crippen LogP contribution in [0.4, 0.5) is 20.7 Å². The van der Waals surface area contributed by atoms with E-state index in [0.717, 1.165) is 6.07 Å². The number of sulfonamides is 1. The van der Waals surface area contributed by atoms with Crippen LogP contribution in [0.15, 0.2) is 78.0 Å². The molecule has 10 nitrogen and oxygen atoms in total. The smallest absolute Gasteiger partial charge is 0.410 e. The second-order valence-corrected chi connectivity index (χ2v) is 10.1. The minimum atomic E-state index is -4.16. The molecule has 0 unspecified atom stereocenters. The van der Waals surface area contributed by atoms with Crippen molar-refractivity contribution >= 4 is 44.4 Å². The maximum absolute atomic E-state index is 14.9. The van der Waals surface area contributed by atoms with E-state index in [1.165, 1.54) is 35.5 Å². The number of para-hydroxylation sites is 1. The second kappa shape index (κ2) is 9.47. The van der Waals surface area contributed by atoms with Crippen LogP contribution in [0.1, 0.15) is 21.8 Å². The van der Waals surface area contributed by atoms with E-state index in [2.05, 4.69) is 20.0 Å². The first kappa shape index (κ1) is 24.1. The fourth-order valence-electron chi connectivity index (χ4n) is 4.20. The first-order chi connectivity index (χ1) is 17.7. The first-order valence-corrected chi connectivity index (χ1v) is 12.6. The zero-order chi connectivity index (χ0) is 26.2. The quantitative estimate of drug-likeness (QED) is 0.349. The lowest BCUT2D eigenvalue weighted by Gasteiger charge is -2.40. The van der Waals surface area contributed by atoms with Crippen LogP contribution in [-0.4, -0.2) is 53.5 Å². The summed E-state index contributed by atoms with van der Waals surface area (Å²) in [6.07, 6.45) is 1.70. The van der Waals surface area contributed by atoms with Crippen LogP contribution in [0, 0.1) is 5.82 Å². The molecule has 0 atom stereocenters. The maximum Gasteiger partial charge on any atom is 0.410 e. The normalized spacial score (nSPS) is 13.7. The number of carboxylic acid groups (broad SMARTS) is 1. The van der Waals surface area contributed by atoms with Gasteiger partial charge in [-0.2, -0.15) is 0 Å². The predicted octanol–water partition coefficient (Wildman–Crippen LogP) is 3.90. The van der Waals surface area contributed by atoms with Crippen molar-refractivity contribution in [1.29, 1.82) is 0 Å². The minimum Gasteiger partial charge on any atom is -0.465 e. The first-order valence-electron chi connectivity index (χ1n) is 11.1. The van der Waals surface area contributed by atoms with Crippen molar-refractivity contribution in [3.63, 3.8) is 0 Å². The fourth-order valence-corrected chi connectivity index (χ4v) is 5.45. The fraction of sp³-hybridized carbons (Fsp3) is 0.120. The van der Waals surface area contributed by atoms with E-state index >= 15 is 0 Å². The number of benzene rings is 2. The highest BCUT2D eigenvalue weighted by Crippen LogP contribution is 2.32. The number of fused-ring (bicyclic) bond motifs is 1. The van der Waals surface area contributed by atoms with Gasteiger partial charge in [-0.05, 0) is 36.4 Å². The van der Waals surface area contributed by atoms with Crippen molar-refractivity contribution in [2.75, 3.05) is 23.1 Å². The van der Waals surface area contributed by atoms with Crippen molar-refractivity contribution in [3.8, 4) is 0 Å². The lowest BCUT2D eigenvalue weighted by molar-refractivity contribution is 0.0602. The number of rotatable bonds is 6. The molecule has 1 saturated heterocycles. The van der Waals surface area contributed by atoms with Crippen LogP contribution >= 0.6 is 0 Å². The molecule has 5 rings (SSSR count). The number of carbonyl (C=O) groups excluding carboxylic acids is 1. The Morgan fingerprint density at radius 2 is 1.73 bits per heavy atom. The summed E-state index contributed by atoms with van der Waals surface area (Å²) in [5, 5.41) is 11.9. The summed E-state index contributed by atoms with van der Waals surface area (Å²) in [5.41, 5.74) is 0.673. The van der Waals surface area contributed by atoms with E-state index in [-0.39, 0.29) is 33.4 Å². The molecule has 0 bridgehead atoms. The highest BCUT2D eigenvalue weighted by molar-refractivity contribution is 7.93. The standard InChI is InChI=1S/C25H20FN5O5S/c26-19-12-16(24(32)31-13-17(14-31)18-6-3-11-28-23(18)29-25(33)34)8-9-20(19)30-37(35,36)21-7-1-4-15-5-2-10-27-22(15)21/h1-12,17,30H,13-14H2,(H,28,29)(H,33,34). The van der Waals surface area contributed by atoms with Gasteiger partial charge in [0.2, 0.25) is 0 Å². The van der Waals surface area contributed by atoms with Crippen molar-refractivity contribution in [2.24, 2.45) is 0 Å². The lowest BCUT2D eigenvalue weighted by Crippen LogP contribution is -2.48. The van der Waals surface area contributed by atoms with Crippen molar-refractivity contribution in [3.05, 3.63) is 90.0 Å². The Hall–Kier alpha value is -4.58. The second-order valence-electron chi connectivity index (χ2n) is 8.41. The zero-order valence-electron chi connectivity index (χ0n) is 19.1. The third kappa shape index (κ3) is 4.78. The number of carbonyl (C=O) groups is 2. The van der Waals surface area contributed by atoms with Gasteiger partial charge >= 0.3 is 6.09 Å². The third-order valence-electron chi connectivity index (χ3n) is 6.02. The Kier molecular flexibility index (Phi) is 6.17. The van der Waals surface area contributed by atoms with E-state index in [0.29, 0.717) is 24.0 Å². The van der Waals surface area contributed by atoms with Gasteiger partial charge in [0, 0.05) is 47.9 Å². The minimum absolute atomic E-state index is 0.0563. The molecule has 0 saturated carbocycles. The molecule has 1 aliphatic rings. The molecule has 37 heavy (non-hydrogen) atoms. The number of hydrogen-bond donors (Lipinski definition) is 3. The Morgan fingerprint density at radius 3 is 2.49 bits per heavy atom. The number of nitrogens with one attached hydrogen (secondary N) is 2. The summed E-state index contributed by atoms with van der Waals surface area (Å²) in [6, 6.07) is 15.0. The van der Waals surface area contributed by atoms with Gasteiger partial charge in [0.05, 0.1) is 11.2 Å². The Balaban J connectivity index is 1.30. The Bertz CT molecular complexity index is 1630. The summed E-state index contributed by atoms with van der Waals surface area (Å²) in [5.74, 6) is -1.26. The van der Waals surface area contributed by atoms with Crippen molar-refractivity contribution in [2.45, 2.75) is 10.8 Å². The van der Waals surface area contributed by atoms with Gasteiger partial charge in [0.15, 0.2) is 0 Å². The van der Waals surface area contributed by atoms with Crippen LogP contribution in [-0.2, 0) is 10.0 Å². The van der Waals surface area contributed by atoms with Crippen molar-refractivity contribution in [1.82, 2.24) is 14.9 Å². The van der Waals surface area contributed by atoms with E-state index in [4.69, 9.17) is 5.11 Å². The molecule has 2 aromatic heterocycles. The molecule has 1 fully saturated rings. The SMILES string of the molecule is O=C(O)Nc1ncccc1C1CN(C(=O)c2ccc(NS(=O)(=O)c3cccc4cccnc34)c(F)c2)C1. The molecule has 0 spiro atoms. The van der Waals surface area contributed by atoms with Gasteiger partial charge in [-0.1, -0.05) is 24.3 Å². The predicted molar refractivity (Wildman–Crippen MR) is 133 cm³/mol. The van der Waals surface area contributed by atoms with E-state index in [1.54, 1.807) is 36.4 Å². The molecule has 3 N–H and O–H groups in total. The van der Waals surface area contributed by atoms with Crippen LogP contribution in [0.2, 0.25) is 0 Å². The average molecular weight is 522 g/mol. The van der Waals surface area contributed by atoms with E-state index in [9.17, 15) is 22.4 Å². The largest absolute Gasteiger partial charge is 0.465 e. The summed E-state index contributed by atoms with van der Waals surface area (Å²) in [6.45, 7) is 0.589. The highest BCUT2D eigenvalue weighted by Gasteiger charge is 2.34. The molecule has 4 aromatic rings. The van der Waals surface area contributed by atoms with Gasteiger partial charge in [-0.3, -0.25) is 19.8 Å². The number of hydrogen-bond acceptors (Lipinski definition) is 6. The Labute approximate surface area is 210 Å². The number of pyridine rings is 2. The summed E-state index contributed by atoms with van der Waals surface area (Å²) in [7, 11) is -4.16. The molecule has 188 valence electrons. The number of halogens is 1. The zero-order valence-corrected chi connectivity index (χ0v) is 19.9. The molecular weight excluding hydrogens is 501 g/mol. The van der Waals surface area contributed by atoms with Gasteiger partial charge in [-0.25, -0.2) is 22.6 Å². The monoisotopic (exact) mass is 521 g/mol. The van der Waals surface area contributed by atoms with E-state index < -0.39 is 27.8 Å². The molecule has 0 aliphatic carbocycles. The number of aromatic nitrogens is 2. The van der Waals surface area contributed by atoms with E-state index in [1.807, 2.05) is 0 Å². The van der Waals surface area contributed by atoms with Crippen LogP contribution in [0.3, 0.4) is 0 Å². The molecule has 1 aliphatic heterocycles. The average Bonchev–Trinajstić information content (AvgIpc) is 2.84. The summed E-state index contributed by atoms with van der Waals surface area (Å²) in [4.78, 5) is 33.4. The molecule has 2 amide bonds. The van der Waals surface area contributed by atoms with Gasteiger partial charge < -0.3 is 10.0 Å². The molecule has 2 aromatic carbocycles. The van der Waals surface area contributed by atoms with Crippen LogP contribution < -0.4 is 10.0 Å². The van der Waals surface area contributed by atoms with Gasteiger partial charge in [0.25, 0.3) is 15.9 Å². The highest BCUT2D eigenvalue weighted by atomic mass is 32.2. The number of anilines is 2. The number of nitrogens with zero attached hydrogens (tertiary/aromatic N) is 3. The van der Waals surface area contributed by atoms with Crippen LogP contribution in [0.5, 0.6) is 0 Å². The number of amides is 2. The van der Waals surface area contributed by atoms with Crippen LogP contribution in [0.25, 0.3) is 10.9 Å². The summed E-state index contributed by atoms with van der Waals surface area (Å²) >= 11 is 0. The molecule has 3 heterocycles. The van der Waals surface area contributed by atoms with Crippen molar-refractivity contribution < 1.29 is 27.5 Å². The van der Waals surface area contributed by atoms with Gasteiger partial charge in [-0.15, -0.1) is 0 Å². The maximum atomic E-state index is 14.9. The molecular formula is C25H20FN5O5S. The topological polar surface area (TPSA) is 142 Å². The lowest BCUT2D eigenvalue weighted by atomic mass is 9.91. The number of likely N-dealkylation sites (tertiary alicyclic amines) is 1. The Morgan fingerprint density at radius 1 is 1.00 bits per heavy atom.